The van der Waals surface area contributed by atoms with E-state index in [2.05, 4.69) is 10.6 Å². The van der Waals surface area contributed by atoms with E-state index in [1.165, 1.54) is 12.1 Å². The summed E-state index contributed by atoms with van der Waals surface area (Å²) in [5, 5.41) is 6.37. The van der Waals surface area contributed by atoms with E-state index in [1.807, 2.05) is 0 Å². The molecule has 2 amide bonds. The average molecular weight is 343 g/mol. The Morgan fingerprint density at radius 3 is 2.64 bits per heavy atom. The molecule has 7 heteroatoms. The Hall–Kier alpha value is -1.66. The molecule has 0 aliphatic carbocycles. The Labute approximate surface area is 136 Å². The fourth-order valence-electron chi connectivity index (χ4n) is 1.83. The molecule has 118 valence electrons. The summed E-state index contributed by atoms with van der Waals surface area (Å²) in [5.41, 5.74) is 0. The minimum absolute atomic E-state index is 0.0652. The number of carbonyl (C=O) groups is 2. The van der Waals surface area contributed by atoms with Gasteiger partial charge >= 0.3 is 0 Å². The summed E-state index contributed by atoms with van der Waals surface area (Å²) in [6.07, 6.45) is 0. The standard InChI is InChI=1S/C15H16ClFN2O2S/c1-8(2)14(20)18-5-6-19-15(21)13-12(16)10-4-3-9(17)7-11(10)22-13/h3-4,7-8H,5-6H2,1-2H3,(H,18,20)(H,19,21). The molecule has 0 fully saturated rings. The van der Waals surface area contributed by atoms with Crippen molar-refractivity contribution < 1.29 is 14.0 Å². The van der Waals surface area contributed by atoms with Crippen molar-refractivity contribution in [3.63, 3.8) is 0 Å². The lowest BCUT2D eigenvalue weighted by Crippen LogP contribution is -2.36. The maximum Gasteiger partial charge on any atom is 0.262 e. The van der Waals surface area contributed by atoms with E-state index in [1.54, 1.807) is 19.9 Å². The largest absolute Gasteiger partial charge is 0.354 e. The highest BCUT2D eigenvalue weighted by Crippen LogP contribution is 2.35. The Morgan fingerprint density at radius 1 is 1.27 bits per heavy atom. The summed E-state index contributed by atoms with van der Waals surface area (Å²) in [6, 6.07) is 4.22. The van der Waals surface area contributed by atoms with Gasteiger partial charge in [-0.1, -0.05) is 25.4 Å². The molecule has 0 radical (unpaired) electrons. The first-order valence-electron chi connectivity index (χ1n) is 6.83. The van der Waals surface area contributed by atoms with Crippen LogP contribution in [0.25, 0.3) is 10.1 Å². The number of rotatable bonds is 5. The SMILES string of the molecule is CC(C)C(=O)NCCNC(=O)c1sc2cc(F)ccc2c1Cl. The second kappa shape index (κ2) is 7.07. The van der Waals surface area contributed by atoms with Crippen molar-refractivity contribution >= 4 is 44.8 Å². The molecule has 2 rings (SSSR count). The van der Waals surface area contributed by atoms with Crippen LogP contribution >= 0.6 is 22.9 Å². The molecule has 0 aliphatic rings. The van der Waals surface area contributed by atoms with Crippen LogP contribution in [-0.4, -0.2) is 24.9 Å². The molecule has 0 atom stereocenters. The van der Waals surface area contributed by atoms with Gasteiger partial charge in [0.1, 0.15) is 10.7 Å². The zero-order chi connectivity index (χ0) is 16.3. The fourth-order valence-corrected chi connectivity index (χ4v) is 3.29. The van der Waals surface area contributed by atoms with Crippen molar-refractivity contribution in [2.24, 2.45) is 5.92 Å². The van der Waals surface area contributed by atoms with Gasteiger partial charge in [-0.05, 0) is 18.2 Å². The van der Waals surface area contributed by atoms with Crippen LogP contribution in [0.4, 0.5) is 4.39 Å². The minimum atomic E-state index is -0.367. The van der Waals surface area contributed by atoms with Crippen molar-refractivity contribution in [2.75, 3.05) is 13.1 Å². The number of halogens is 2. The predicted octanol–water partition coefficient (Wildman–Crippen LogP) is 3.20. The Balaban J connectivity index is 1.98. The van der Waals surface area contributed by atoms with Crippen LogP contribution in [0.2, 0.25) is 5.02 Å². The molecule has 2 N–H and O–H groups in total. The van der Waals surface area contributed by atoms with Crippen LogP contribution in [0.1, 0.15) is 23.5 Å². The number of benzene rings is 1. The summed E-state index contributed by atoms with van der Waals surface area (Å²) in [7, 11) is 0. The van der Waals surface area contributed by atoms with Crippen LogP contribution in [0.3, 0.4) is 0 Å². The summed E-state index contributed by atoms with van der Waals surface area (Å²) >= 11 is 7.31. The molecule has 1 aromatic carbocycles. The third-order valence-electron chi connectivity index (χ3n) is 3.03. The molecular weight excluding hydrogens is 327 g/mol. The molecule has 4 nitrogen and oxygen atoms in total. The van der Waals surface area contributed by atoms with Crippen molar-refractivity contribution in [3.8, 4) is 0 Å². The van der Waals surface area contributed by atoms with Gasteiger partial charge in [-0.25, -0.2) is 4.39 Å². The predicted molar refractivity (Wildman–Crippen MR) is 87.0 cm³/mol. The highest BCUT2D eigenvalue weighted by atomic mass is 35.5. The van der Waals surface area contributed by atoms with Crippen LogP contribution < -0.4 is 10.6 Å². The molecule has 1 aromatic heterocycles. The van der Waals surface area contributed by atoms with Gasteiger partial charge in [0.15, 0.2) is 0 Å². The smallest absolute Gasteiger partial charge is 0.262 e. The number of nitrogens with one attached hydrogen (secondary N) is 2. The number of hydrogen-bond acceptors (Lipinski definition) is 3. The van der Waals surface area contributed by atoms with E-state index in [0.717, 1.165) is 11.3 Å². The van der Waals surface area contributed by atoms with Crippen molar-refractivity contribution in [1.82, 2.24) is 10.6 Å². The second-order valence-corrected chi connectivity index (χ2v) is 6.52. The molecule has 0 saturated heterocycles. The van der Waals surface area contributed by atoms with Crippen molar-refractivity contribution in [2.45, 2.75) is 13.8 Å². The molecular formula is C15H16ClFN2O2S. The van der Waals surface area contributed by atoms with Gasteiger partial charge in [0, 0.05) is 29.1 Å². The Bertz CT molecular complexity index is 715. The lowest BCUT2D eigenvalue weighted by Gasteiger charge is -2.08. The molecule has 0 spiro atoms. The van der Waals surface area contributed by atoms with Crippen LogP contribution in [0.15, 0.2) is 18.2 Å². The average Bonchev–Trinajstić information content (AvgIpc) is 2.79. The Morgan fingerprint density at radius 2 is 1.95 bits per heavy atom. The second-order valence-electron chi connectivity index (χ2n) is 5.09. The van der Waals surface area contributed by atoms with Crippen LogP contribution in [0, 0.1) is 11.7 Å². The first-order chi connectivity index (χ1) is 10.4. The molecule has 0 unspecified atom stereocenters. The lowest BCUT2D eigenvalue weighted by atomic mass is 10.2. The topological polar surface area (TPSA) is 58.2 Å². The van der Waals surface area contributed by atoms with Gasteiger partial charge in [-0.15, -0.1) is 11.3 Å². The van der Waals surface area contributed by atoms with E-state index in [9.17, 15) is 14.0 Å². The summed E-state index contributed by atoms with van der Waals surface area (Å²) in [5.74, 6) is -0.855. The molecule has 0 saturated carbocycles. The third-order valence-corrected chi connectivity index (χ3v) is 4.69. The van der Waals surface area contributed by atoms with E-state index in [-0.39, 0.29) is 23.5 Å². The number of thiophene rings is 1. The quantitative estimate of drug-likeness (QED) is 0.820. The zero-order valence-corrected chi connectivity index (χ0v) is 13.8. The van der Waals surface area contributed by atoms with Crippen LogP contribution in [-0.2, 0) is 4.79 Å². The summed E-state index contributed by atoms with van der Waals surface area (Å²) in [6.45, 7) is 4.24. The summed E-state index contributed by atoms with van der Waals surface area (Å²) in [4.78, 5) is 23.8. The van der Waals surface area contributed by atoms with E-state index < -0.39 is 0 Å². The number of amides is 2. The fraction of sp³-hybridized carbons (Fsp3) is 0.333. The highest BCUT2D eigenvalue weighted by molar-refractivity contribution is 7.21. The normalized spacial score (nSPS) is 11.0. The maximum atomic E-state index is 13.2. The monoisotopic (exact) mass is 342 g/mol. The third kappa shape index (κ3) is 3.75. The van der Waals surface area contributed by atoms with Crippen molar-refractivity contribution in [1.29, 1.82) is 0 Å². The first-order valence-corrected chi connectivity index (χ1v) is 8.03. The van der Waals surface area contributed by atoms with Gasteiger partial charge in [0.05, 0.1) is 5.02 Å². The molecule has 0 aliphatic heterocycles. The molecule has 1 heterocycles. The maximum absolute atomic E-state index is 13.2. The highest BCUT2D eigenvalue weighted by Gasteiger charge is 2.17. The lowest BCUT2D eigenvalue weighted by molar-refractivity contribution is -0.123. The van der Waals surface area contributed by atoms with Crippen molar-refractivity contribution in [3.05, 3.63) is 33.9 Å². The first kappa shape index (κ1) is 16.7. The number of hydrogen-bond donors (Lipinski definition) is 2. The van der Waals surface area contributed by atoms with Gasteiger partial charge < -0.3 is 10.6 Å². The minimum Gasteiger partial charge on any atom is -0.354 e. The van der Waals surface area contributed by atoms with Gasteiger partial charge in [0.2, 0.25) is 5.91 Å². The summed E-state index contributed by atoms with van der Waals surface area (Å²) < 4.78 is 13.8. The van der Waals surface area contributed by atoms with Gasteiger partial charge in [0.25, 0.3) is 5.91 Å². The van der Waals surface area contributed by atoms with E-state index >= 15 is 0 Å². The molecule has 22 heavy (non-hydrogen) atoms. The number of carbonyl (C=O) groups excluding carboxylic acids is 2. The van der Waals surface area contributed by atoms with Gasteiger partial charge in [-0.3, -0.25) is 9.59 Å². The van der Waals surface area contributed by atoms with E-state index in [0.29, 0.717) is 33.1 Å². The Kier molecular flexibility index (Phi) is 5.37. The van der Waals surface area contributed by atoms with Crippen LogP contribution in [0.5, 0.6) is 0 Å². The number of fused-ring (bicyclic) bond motifs is 1. The molecule has 0 bridgehead atoms. The van der Waals surface area contributed by atoms with E-state index in [4.69, 9.17) is 11.6 Å². The molecule has 2 aromatic rings. The zero-order valence-electron chi connectivity index (χ0n) is 12.2. The van der Waals surface area contributed by atoms with Gasteiger partial charge in [-0.2, -0.15) is 0 Å².